The van der Waals surface area contributed by atoms with Crippen LogP contribution in [-0.4, -0.2) is 25.0 Å². The highest BCUT2D eigenvalue weighted by Gasteiger charge is 2.01. The summed E-state index contributed by atoms with van der Waals surface area (Å²) in [6, 6.07) is 0. The minimum absolute atomic E-state index is 0.146. The molecule has 2 N–H and O–H groups in total. The summed E-state index contributed by atoms with van der Waals surface area (Å²) in [6.07, 6.45) is -2.38. The maximum atomic E-state index is 11.3. The molecule has 2 nitrogen and oxygen atoms in total. The van der Waals surface area contributed by atoms with E-state index < -0.39 is 6.43 Å². The Balaban J connectivity index is 2.93. The van der Waals surface area contributed by atoms with Crippen LogP contribution in [0, 0.1) is 0 Å². The van der Waals surface area contributed by atoms with Crippen molar-refractivity contribution in [1.82, 2.24) is 5.01 Å². The lowest BCUT2D eigenvalue weighted by molar-refractivity contribution is 0.122. The van der Waals surface area contributed by atoms with Crippen LogP contribution in [0.3, 0.4) is 0 Å². The Labute approximate surface area is 47.2 Å². The largest absolute Gasteiger partial charge is 0.269 e. The molecule has 0 aliphatic heterocycles. The fourth-order valence-corrected chi connectivity index (χ4v) is 0.301. The number of hydrogen-bond acceptors (Lipinski definition) is 2. The molecule has 0 unspecified atom stereocenters. The minimum Gasteiger partial charge on any atom is -0.269 e. The van der Waals surface area contributed by atoms with Crippen LogP contribution in [-0.2, 0) is 0 Å². The van der Waals surface area contributed by atoms with E-state index in [-0.39, 0.29) is 13.0 Å². The zero-order valence-electron chi connectivity index (χ0n) is 4.77. The number of alkyl halides is 2. The maximum Gasteiger partial charge on any atom is 0.239 e. The number of rotatable bonds is 3. The van der Waals surface area contributed by atoms with Crippen molar-refractivity contribution in [2.24, 2.45) is 5.84 Å². The van der Waals surface area contributed by atoms with Gasteiger partial charge in [-0.1, -0.05) is 0 Å². The van der Waals surface area contributed by atoms with Crippen LogP contribution in [0.1, 0.15) is 6.42 Å². The lowest BCUT2D eigenvalue weighted by Crippen LogP contribution is -2.27. The molecular formula is C4H10F2N2. The Hall–Kier alpha value is -0.220. The van der Waals surface area contributed by atoms with Crippen LogP contribution in [0.5, 0.6) is 0 Å². The first-order valence-corrected chi connectivity index (χ1v) is 2.37. The van der Waals surface area contributed by atoms with Gasteiger partial charge in [-0.05, 0) is 0 Å². The van der Waals surface area contributed by atoms with Gasteiger partial charge in [0.1, 0.15) is 0 Å². The molecule has 4 heteroatoms. The van der Waals surface area contributed by atoms with Crippen LogP contribution >= 0.6 is 0 Å². The first kappa shape index (κ1) is 7.78. The Morgan fingerprint density at radius 1 is 1.62 bits per heavy atom. The van der Waals surface area contributed by atoms with Gasteiger partial charge in [0.25, 0.3) is 0 Å². The predicted molar refractivity (Wildman–Crippen MR) is 27.4 cm³/mol. The van der Waals surface area contributed by atoms with Crippen LogP contribution in [0.25, 0.3) is 0 Å². The summed E-state index contributed by atoms with van der Waals surface area (Å²) in [7, 11) is 1.56. The zero-order chi connectivity index (χ0) is 6.57. The fourth-order valence-electron chi connectivity index (χ4n) is 0.301. The van der Waals surface area contributed by atoms with Crippen LogP contribution in [0.4, 0.5) is 8.78 Å². The highest BCUT2D eigenvalue weighted by molar-refractivity contribution is 4.42. The van der Waals surface area contributed by atoms with Crippen molar-refractivity contribution in [2.75, 3.05) is 13.6 Å². The van der Waals surface area contributed by atoms with Crippen molar-refractivity contribution in [3.05, 3.63) is 0 Å². The van der Waals surface area contributed by atoms with E-state index in [2.05, 4.69) is 0 Å². The summed E-state index contributed by atoms with van der Waals surface area (Å²) in [5, 5.41) is 1.24. The second kappa shape index (κ2) is 3.74. The SMILES string of the molecule is CN(N)CCC(F)F. The van der Waals surface area contributed by atoms with Gasteiger partial charge in [-0.25, -0.2) is 13.8 Å². The number of hydrogen-bond donors (Lipinski definition) is 1. The molecule has 0 bridgehead atoms. The number of nitrogens with two attached hydrogens (primary N) is 1. The molecule has 0 spiro atoms. The topological polar surface area (TPSA) is 29.3 Å². The third-order valence-electron chi connectivity index (χ3n) is 0.700. The van der Waals surface area contributed by atoms with Gasteiger partial charge < -0.3 is 0 Å². The summed E-state index contributed by atoms with van der Waals surface area (Å²) in [4.78, 5) is 0. The van der Waals surface area contributed by atoms with Crippen molar-refractivity contribution >= 4 is 0 Å². The van der Waals surface area contributed by atoms with E-state index >= 15 is 0 Å². The second-order valence-electron chi connectivity index (χ2n) is 1.66. The molecule has 0 atom stereocenters. The van der Waals surface area contributed by atoms with Crippen molar-refractivity contribution in [3.8, 4) is 0 Å². The molecule has 0 rings (SSSR count). The molecule has 0 amide bonds. The molecule has 8 heavy (non-hydrogen) atoms. The second-order valence-corrected chi connectivity index (χ2v) is 1.66. The summed E-state index contributed by atoms with van der Waals surface area (Å²) in [6.45, 7) is 0.248. The summed E-state index contributed by atoms with van der Waals surface area (Å²) >= 11 is 0. The minimum atomic E-state index is -2.24. The third-order valence-corrected chi connectivity index (χ3v) is 0.700. The molecule has 0 aliphatic carbocycles. The predicted octanol–water partition coefficient (Wildman–Crippen LogP) is 0.447. The van der Waals surface area contributed by atoms with Crippen LogP contribution < -0.4 is 5.84 Å². The van der Waals surface area contributed by atoms with Gasteiger partial charge >= 0.3 is 0 Å². The van der Waals surface area contributed by atoms with Gasteiger partial charge in [-0.3, -0.25) is 5.84 Å². The first-order valence-electron chi connectivity index (χ1n) is 2.37. The van der Waals surface area contributed by atoms with E-state index in [1.807, 2.05) is 0 Å². The normalized spacial score (nSPS) is 11.2. The van der Waals surface area contributed by atoms with Crippen molar-refractivity contribution in [2.45, 2.75) is 12.8 Å². The molecule has 0 aromatic heterocycles. The molecule has 50 valence electrons. The van der Waals surface area contributed by atoms with E-state index in [9.17, 15) is 8.78 Å². The first-order chi connectivity index (χ1) is 3.63. The molecule has 0 aliphatic rings. The standard InChI is InChI=1S/C4H10F2N2/c1-8(7)3-2-4(5)6/h4H,2-3,7H2,1H3. The smallest absolute Gasteiger partial charge is 0.239 e. The van der Waals surface area contributed by atoms with E-state index in [1.54, 1.807) is 7.05 Å². The van der Waals surface area contributed by atoms with Gasteiger partial charge in [0, 0.05) is 20.0 Å². The molecule has 0 aromatic carbocycles. The maximum absolute atomic E-state index is 11.3. The third kappa shape index (κ3) is 5.78. The average molecular weight is 124 g/mol. The van der Waals surface area contributed by atoms with Gasteiger partial charge in [0.2, 0.25) is 6.43 Å². The molecule has 0 radical (unpaired) electrons. The van der Waals surface area contributed by atoms with Crippen LogP contribution in [0.2, 0.25) is 0 Å². The lowest BCUT2D eigenvalue weighted by Gasteiger charge is -2.06. The quantitative estimate of drug-likeness (QED) is 0.437. The molecule has 0 aromatic rings. The molecule has 0 fully saturated rings. The van der Waals surface area contributed by atoms with Gasteiger partial charge in [-0.15, -0.1) is 0 Å². The number of halogens is 2. The zero-order valence-corrected chi connectivity index (χ0v) is 4.77. The highest BCUT2D eigenvalue weighted by Crippen LogP contribution is 1.97. The summed E-state index contributed by atoms with van der Waals surface area (Å²) in [5.41, 5.74) is 0. The summed E-state index contributed by atoms with van der Waals surface area (Å²) < 4.78 is 22.6. The molecular weight excluding hydrogens is 114 g/mol. The van der Waals surface area contributed by atoms with E-state index in [0.717, 1.165) is 0 Å². The average Bonchev–Trinajstić information content (AvgIpc) is 1.61. The monoisotopic (exact) mass is 124 g/mol. The van der Waals surface area contributed by atoms with Crippen molar-refractivity contribution < 1.29 is 8.78 Å². The Morgan fingerprint density at radius 2 is 2.12 bits per heavy atom. The van der Waals surface area contributed by atoms with Crippen LogP contribution in [0.15, 0.2) is 0 Å². The Morgan fingerprint density at radius 3 is 2.25 bits per heavy atom. The van der Waals surface area contributed by atoms with E-state index in [0.29, 0.717) is 0 Å². The van der Waals surface area contributed by atoms with E-state index in [1.165, 1.54) is 5.01 Å². The van der Waals surface area contributed by atoms with Gasteiger partial charge in [-0.2, -0.15) is 0 Å². The molecule has 0 saturated heterocycles. The van der Waals surface area contributed by atoms with Gasteiger partial charge in [0.15, 0.2) is 0 Å². The van der Waals surface area contributed by atoms with Crippen molar-refractivity contribution in [1.29, 1.82) is 0 Å². The number of nitrogens with zero attached hydrogens (tertiary/aromatic N) is 1. The van der Waals surface area contributed by atoms with Gasteiger partial charge in [0.05, 0.1) is 0 Å². The highest BCUT2D eigenvalue weighted by atomic mass is 19.3. The van der Waals surface area contributed by atoms with E-state index in [4.69, 9.17) is 5.84 Å². The fraction of sp³-hybridized carbons (Fsp3) is 1.00. The lowest BCUT2D eigenvalue weighted by atomic mass is 10.4. The Kier molecular flexibility index (Phi) is 3.64. The summed E-state index contributed by atoms with van der Waals surface area (Å²) in [5.74, 6) is 5.04. The number of hydrazine groups is 1. The molecule has 0 heterocycles. The Bertz CT molecular complexity index is 48.0. The molecule has 0 saturated carbocycles. The van der Waals surface area contributed by atoms with Crippen molar-refractivity contribution in [3.63, 3.8) is 0 Å².